The van der Waals surface area contributed by atoms with Crippen molar-refractivity contribution in [3.8, 4) is 0 Å². The van der Waals surface area contributed by atoms with Gasteiger partial charge in [-0.2, -0.15) is 4.31 Å². The molecule has 0 atom stereocenters. The zero-order chi connectivity index (χ0) is 20.1. The average molecular weight is 424 g/mol. The number of morpholine rings is 1. The Morgan fingerprint density at radius 1 is 1.21 bits per heavy atom. The minimum Gasteiger partial charge on any atom is -0.379 e. The third-order valence-corrected chi connectivity index (χ3v) is 7.12. The van der Waals surface area contributed by atoms with Gasteiger partial charge in [0.05, 0.1) is 29.5 Å². The summed E-state index contributed by atoms with van der Waals surface area (Å²) in [6, 6.07) is 8.14. The van der Waals surface area contributed by atoms with Crippen LogP contribution in [-0.2, 0) is 19.6 Å². The highest BCUT2D eigenvalue weighted by Crippen LogP contribution is 2.24. The molecule has 1 saturated heterocycles. The van der Waals surface area contributed by atoms with E-state index in [-0.39, 0.29) is 17.3 Å². The third kappa shape index (κ3) is 4.76. The number of hydrogen-bond donors (Lipinski definition) is 2. The Kier molecular flexibility index (Phi) is 6.45. The highest BCUT2D eigenvalue weighted by molar-refractivity contribution is 7.89. The maximum Gasteiger partial charge on any atom is 0.261 e. The van der Waals surface area contributed by atoms with E-state index in [1.807, 2.05) is 0 Å². The maximum atomic E-state index is 12.9. The van der Waals surface area contributed by atoms with Crippen LogP contribution in [0, 0.1) is 6.92 Å². The van der Waals surface area contributed by atoms with E-state index in [4.69, 9.17) is 4.74 Å². The van der Waals surface area contributed by atoms with E-state index >= 15 is 0 Å². The number of rotatable bonds is 6. The van der Waals surface area contributed by atoms with Crippen molar-refractivity contribution in [1.29, 1.82) is 0 Å². The first kappa shape index (κ1) is 20.5. The van der Waals surface area contributed by atoms with Crippen molar-refractivity contribution in [2.45, 2.75) is 11.8 Å². The monoisotopic (exact) mass is 423 g/mol. The number of aryl methyl sites for hydroxylation is 1. The summed E-state index contributed by atoms with van der Waals surface area (Å²) >= 11 is 1.28. The smallest absolute Gasteiger partial charge is 0.261 e. The Morgan fingerprint density at radius 2 is 1.96 bits per heavy atom. The second-order valence-electron chi connectivity index (χ2n) is 6.20. The van der Waals surface area contributed by atoms with Crippen molar-refractivity contribution >= 4 is 38.9 Å². The largest absolute Gasteiger partial charge is 0.379 e. The van der Waals surface area contributed by atoms with Gasteiger partial charge < -0.3 is 15.4 Å². The molecule has 2 heterocycles. The van der Waals surface area contributed by atoms with Crippen LogP contribution in [0.1, 0.15) is 15.2 Å². The Balaban J connectivity index is 1.67. The van der Waals surface area contributed by atoms with Crippen molar-refractivity contribution in [1.82, 2.24) is 9.62 Å². The summed E-state index contributed by atoms with van der Waals surface area (Å²) in [6.07, 6.45) is 0. The highest BCUT2D eigenvalue weighted by atomic mass is 32.2. The van der Waals surface area contributed by atoms with E-state index in [2.05, 4.69) is 10.6 Å². The molecule has 150 valence electrons. The maximum absolute atomic E-state index is 12.9. The summed E-state index contributed by atoms with van der Waals surface area (Å²) in [5.41, 5.74) is 0.947. The molecule has 0 radical (unpaired) electrons. The van der Waals surface area contributed by atoms with E-state index in [0.29, 0.717) is 42.4 Å². The lowest BCUT2D eigenvalue weighted by Crippen LogP contribution is -2.40. The zero-order valence-corrected chi connectivity index (χ0v) is 16.9. The van der Waals surface area contributed by atoms with E-state index in [1.165, 1.54) is 21.7 Å². The lowest BCUT2D eigenvalue weighted by atomic mass is 10.2. The van der Waals surface area contributed by atoms with Crippen molar-refractivity contribution in [3.05, 3.63) is 46.2 Å². The number of ether oxygens (including phenoxy) is 1. The molecule has 1 fully saturated rings. The van der Waals surface area contributed by atoms with E-state index < -0.39 is 15.9 Å². The van der Waals surface area contributed by atoms with Crippen LogP contribution in [-0.4, -0.2) is 57.4 Å². The molecule has 1 aliphatic rings. The summed E-state index contributed by atoms with van der Waals surface area (Å²) in [6.45, 7) is 2.81. The quantitative estimate of drug-likeness (QED) is 0.732. The van der Waals surface area contributed by atoms with Crippen LogP contribution in [0.2, 0.25) is 0 Å². The summed E-state index contributed by atoms with van der Waals surface area (Å²) in [4.78, 5) is 24.7. The van der Waals surface area contributed by atoms with Gasteiger partial charge in [0, 0.05) is 18.8 Å². The first-order chi connectivity index (χ1) is 13.4. The molecule has 2 aromatic rings. The second kappa shape index (κ2) is 8.82. The number of amides is 2. The lowest BCUT2D eigenvalue weighted by Gasteiger charge is -2.26. The lowest BCUT2D eigenvalue weighted by molar-refractivity contribution is -0.115. The summed E-state index contributed by atoms with van der Waals surface area (Å²) in [7, 11) is -3.67. The molecule has 0 aliphatic carbocycles. The van der Waals surface area contributed by atoms with E-state index in [9.17, 15) is 18.0 Å². The van der Waals surface area contributed by atoms with Gasteiger partial charge in [0.15, 0.2) is 0 Å². The number of carbonyl (C=O) groups is 2. The molecule has 1 aliphatic heterocycles. The molecule has 0 bridgehead atoms. The Hall–Kier alpha value is -2.27. The minimum atomic E-state index is -3.67. The van der Waals surface area contributed by atoms with Crippen molar-refractivity contribution in [2.75, 3.05) is 38.2 Å². The van der Waals surface area contributed by atoms with Gasteiger partial charge in [-0.3, -0.25) is 9.59 Å². The van der Waals surface area contributed by atoms with E-state index in [1.54, 1.807) is 36.6 Å². The topological polar surface area (TPSA) is 105 Å². The molecule has 28 heavy (non-hydrogen) atoms. The fraction of sp³-hybridized carbons (Fsp3) is 0.333. The number of nitrogens with one attached hydrogen (secondary N) is 2. The molecule has 1 aromatic heterocycles. The van der Waals surface area contributed by atoms with Crippen LogP contribution in [0.5, 0.6) is 0 Å². The second-order valence-corrected chi connectivity index (χ2v) is 9.06. The van der Waals surface area contributed by atoms with Gasteiger partial charge in [-0.1, -0.05) is 12.1 Å². The third-order valence-electron chi connectivity index (χ3n) is 4.21. The van der Waals surface area contributed by atoms with Gasteiger partial charge in [0.25, 0.3) is 5.91 Å². The zero-order valence-electron chi connectivity index (χ0n) is 15.3. The van der Waals surface area contributed by atoms with Crippen LogP contribution in [0.25, 0.3) is 0 Å². The molecule has 8 nitrogen and oxygen atoms in total. The summed E-state index contributed by atoms with van der Waals surface area (Å²) in [5.74, 6) is -0.770. The van der Waals surface area contributed by atoms with Crippen LogP contribution in [0.3, 0.4) is 0 Å². The van der Waals surface area contributed by atoms with Crippen molar-refractivity contribution in [2.24, 2.45) is 0 Å². The number of carbonyl (C=O) groups excluding carboxylic acids is 2. The molecule has 0 spiro atoms. The average Bonchev–Trinajstić information content (AvgIpc) is 3.23. The van der Waals surface area contributed by atoms with Gasteiger partial charge in [-0.05, 0) is 36.1 Å². The molecular weight excluding hydrogens is 402 g/mol. The van der Waals surface area contributed by atoms with Crippen molar-refractivity contribution in [3.63, 3.8) is 0 Å². The summed E-state index contributed by atoms with van der Waals surface area (Å²) < 4.78 is 32.4. The highest BCUT2D eigenvalue weighted by Gasteiger charge is 2.28. The molecule has 0 unspecified atom stereocenters. The van der Waals surface area contributed by atoms with Crippen LogP contribution >= 0.6 is 11.3 Å². The number of sulfonamides is 1. The Labute approximate surface area is 167 Å². The SMILES string of the molecule is Cc1ccc(NC(=O)CNC(=O)c2cccs2)cc1S(=O)(=O)N1CCOCC1. The molecule has 10 heteroatoms. The standard InChI is InChI=1S/C18H21N3O5S2/c1-13-4-5-14(11-16(13)28(24,25)21-6-8-26-9-7-21)20-17(22)12-19-18(23)15-3-2-10-27-15/h2-5,10-11H,6-9,12H2,1H3,(H,19,23)(H,20,22). The van der Waals surface area contributed by atoms with Crippen molar-refractivity contribution < 1.29 is 22.7 Å². The molecule has 1 aromatic carbocycles. The van der Waals surface area contributed by atoms with Crippen LogP contribution in [0.15, 0.2) is 40.6 Å². The minimum absolute atomic E-state index is 0.148. The summed E-state index contributed by atoms with van der Waals surface area (Å²) in [5, 5.41) is 6.93. The predicted octanol–water partition coefficient (Wildman–Crippen LogP) is 1.45. The molecular formula is C18H21N3O5S2. The van der Waals surface area contributed by atoms with Gasteiger partial charge in [0.1, 0.15) is 0 Å². The van der Waals surface area contributed by atoms with E-state index in [0.717, 1.165) is 0 Å². The van der Waals surface area contributed by atoms with Crippen LogP contribution < -0.4 is 10.6 Å². The fourth-order valence-electron chi connectivity index (χ4n) is 2.74. The molecule has 0 saturated carbocycles. The van der Waals surface area contributed by atoms with Crippen LogP contribution in [0.4, 0.5) is 5.69 Å². The number of nitrogens with zero attached hydrogens (tertiary/aromatic N) is 1. The fourth-order valence-corrected chi connectivity index (χ4v) is 5.04. The van der Waals surface area contributed by atoms with Gasteiger partial charge in [0.2, 0.25) is 15.9 Å². The van der Waals surface area contributed by atoms with Gasteiger partial charge in [-0.15, -0.1) is 11.3 Å². The van der Waals surface area contributed by atoms with Gasteiger partial charge >= 0.3 is 0 Å². The Bertz CT molecular complexity index is 952. The van der Waals surface area contributed by atoms with Gasteiger partial charge in [-0.25, -0.2) is 8.42 Å². The Morgan fingerprint density at radius 3 is 2.64 bits per heavy atom. The number of hydrogen-bond acceptors (Lipinski definition) is 6. The number of thiophene rings is 1. The first-order valence-corrected chi connectivity index (χ1v) is 11.0. The number of anilines is 1. The normalized spacial score (nSPS) is 15.2. The first-order valence-electron chi connectivity index (χ1n) is 8.68. The number of benzene rings is 1. The molecule has 2 N–H and O–H groups in total. The molecule has 2 amide bonds. The predicted molar refractivity (Wildman–Crippen MR) is 106 cm³/mol. The molecule has 3 rings (SSSR count).